The first kappa shape index (κ1) is 27.0. The topological polar surface area (TPSA) is 98.2 Å². The zero-order valence-corrected chi connectivity index (χ0v) is 22.3. The second kappa shape index (κ2) is 12.9. The third-order valence-corrected chi connectivity index (χ3v) is 5.84. The highest BCUT2D eigenvalue weighted by Crippen LogP contribution is 2.36. The molecule has 0 aliphatic rings. The molecule has 2 amide bonds. The highest BCUT2D eigenvalue weighted by molar-refractivity contribution is 9.10. The summed E-state index contributed by atoms with van der Waals surface area (Å²) in [5.74, 6) is 0.624. The van der Waals surface area contributed by atoms with E-state index in [1.807, 2.05) is 19.9 Å². The standard InChI is InChI=1S/C26H25BrClN3O5/c1-4-35-23-11-17(14-29-31-26(33)18-6-5-7-20(12-18)34-3)10-21(27)25(23)36-15-24(32)30-19-9-8-16(2)22(28)13-19/h5-14H,4,15H2,1-3H3,(H,30,32)(H,31,33)/b29-14+. The lowest BCUT2D eigenvalue weighted by atomic mass is 10.2. The molecule has 0 saturated carbocycles. The van der Waals surface area contributed by atoms with Crippen molar-refractivity contribution >= 4 is 51.2 Å². The summed E-state index contributed by atoms with van der Waals surface area (Å²) in [6.07, 6.45) is 1.48. The van der Waals surface area contributed by atoms with Gasteiger partial charge in [-0.15, -0.1) is 0 Å². The lowest BCUT2D eigenvalue weighted by Gasteiger charge is -2.14. The summed E-state index contributed by atoms with van der Waals surface area (Å²) in [4.78, 5) is 24.7. The molecule has 0 aliphatic carbocycles. The fraction of sp³-hybridized carbons (Fsp3) is 0.192. The Balaban J connectivity index is 1.66. The predicted molar refractivity (Wildman–Crippen MR) is 144 cm³/mol. The van der Waals surface area contributed by atoms with Gasteiger partial charge in [0.15, 0.2) is 18.1 Å². The number of aryl methyl sites for hydroxylation is 1. The van der Waals surface area contributed by atoms with Gasteiger partial charge in [0.2, 0.25) is 0 Å². The molecule has 2 N–H and O–H groups in total. The maximum Gasteiger partial charge on any atom is 0.271 e. The minimum atomic E-state index is -0.380. The first-order valence-electron chi connectivity index (χ1n) is 10.9. The van der Waals surface area contributed by atoms with Crippen LogP contribution in [0.25, 0.3) is 0 Å². The van der Waals surface area contributed by atoms with Crippen molar-refractivity contribution in [2.24, 2.45) is 5.10 Å². The average Bonchev–Trinajstić information content (AvgIpc) is 2.86. The molecule has 0 saturated heterocycles. The lowest BCUT2D eigenvalue weighted by Crippen LogP contribution is -2.20. The third kappa shape index (κ3) is 7.47. The van der Waals surface area contributed by atoms with E-state index in [1.54, 1.807) is 48.5 Å². The van der Waals surface area contributed by atoms with Crippen LogP contribution in [0.1, 0.15) is 28.4 Å². The van der Waals surface area contributed by atoms with Crippen molar-refractivity contribution in [3.63, 3.8) is 0 Å². The number of benzene rings is 3. The van der Waals surface area contributed by atoms with Crippen molar-refractivity contribution in [2.45, 2.75) is 13.8 Å². The highest BCUT2D eigenvalue weighted by Gasteiger charge is 2.14. The fourth-order valence-electron chi connectivity index (χ4n) is 3.07. The Morgan fingerprint density at radius 3 is 2.64 bits per heavy atom. The van der Waals surface area contributed by atoms with Crippen LogP contribution in [0.5, 0.6) is 17.2 Å². The summed E-state index contributed by atoms with van der Waals surface area (Å²) >= 11 is 9.57. The van der Waals surface area contributed by atoms with Crippen LogP contribution in [-0.4, -0.2) is 38.4 Å². The van der Waals surface area contributed by atoms with Crippen molar-refractivity contribution in [1.29, 1.82) is 0 Å². The zero-order valence-electron chi connectivity index (χ0n) is 19.9. The zero-order chi connectivity index (χ0) is 26.1. The normalized spacial score (nSPS) is 10.7. The Morgan fingerprint density at radius 1 is 1.11 bits per heavy atom. The Kier molecular flexibility index (Phi) is 9.72. The van der Waals surface area contributed by atoms with Crippen LogP contribution in [0.3, 0.4) is 0 Å². The van der Waals surface area contributed by atoms with Crippen molar-refractivity contribution in [3.05, 3.63) is 80.8 Å². The molecular weight excluding hydrogens is 550 g/mol. The molecule has 8 nitrogen and oxygen atoms in total. The number of methoxy groups -OCH3 is 1. The largest absolute Gasteiger partial charge is 0.497 e. The SMILES string of the molecule is CCOc1cc(/C=N/NC(=O)c2cccc(OC)c2)cc(Br)c1OCC(=O)Nc1ccc(C)c(Cl)c1. The van der Waals surface area contributed by atoms with E-state index in [4.69, 9.17) is 25.8 Å². The molecule has 10 heteroatoms. The van der Waals surface area contributed by atoms with Gasteiger partial charge in [-0.2, -0.15) is 5.10 Å². The minimum Gasteiger partial charge on any atom is -0.497 e. The molecule has 3 rings (SSSR count). The minimum absolute atomic E-state index is 0.242. The molecule has 3 aromatic carbocycles. The molecule has 0 radical (unpaired) electrons. The van der Waals surface area contributed by atoms with Crippen LogP contribution in [0.15, 0.2) is 64.2 Å². The maximum absolute atomic E-state index is 12.4. The van der Waals surface area contributed by atoms with E-state index >= 15 is 0 Å². The van der Waals surface area contributed by atoms with Gasteiger partial charge >= 0.3 is 0 Å². The van der Waals surface area contributed by atoms with Gasteiger partial charge in [-0.1, -0.05) is 23.7 Å². The molecule has 0 spiro atoms. The molecule has 36 heavy (non-hydrogen) atoms. The van der Waals surface area contributed by atoms with Gasteiger partial charge in [-0.05, 0) is 83.4 Å². The second-order valence-electron chi connectivity index (χ2n) is 7.49. The molecule has 0 bridgehead atoms. The van der Waals surface area contributed by atoms with Crippen LogP contribution >= 0.6 is 27.5 Å². The van der Waals surface area contributed by atoms with Gasteiger partial charge in [0.05, 0.1) is 24.4 Å². The molecule has 0 unspecified atom stereocenters. The first-order valence-corrected chi connectivity index (χ1v) is 12.1. The molecule has 3 aromatic rings. The average molecular weight is 575 g/mol. The van der Waals surface area contributed by atoms with E-state index in [-0.39, 0.29) is 18.4 Å². The van der Waals surface area contributed by atoms with E-state index < -0.39 is 0 Å². The predicted octanol–water partition coefficient (Wildman–Crippen LogP) is 5.60. The van der Waals surface area contributed by atoms with Gasteiger partial charge in [0.25, 0.3) is 11.8 Å². The van der Waals surface area contributed by atoms with Crippen LogP contribution in [0, 0.1) is 6.92 Å². The third-order valence-electron chi connectivity index (χ3n) is 4.85. The summed E-state index contributed by atoms with van der Waals surface area (Å²) in [7, 11) is 1.53. The van der Waals surface area contributed by atoms with Gasteiger partial charge in [-0.3, -0.25) is 9.59 Å². The number of carbonyl (C=O) groups is 2. The summed E-state index contributed by atoms with van der Waals surface area (Å²) in [5.41, 5.74) is 5.03. The van der Waals surface area contributed by atoms with Gasteiger partial charge < -0.3 is 19.5 Å². The maximum atomic E-state index is 12.4. The summed E-state index contributed by atoms with van der Waals surface area (Å²) < 4.78 is 17.1. The number of nitrogens with one attached hydrogen (secondary N) is 2. The Bertz CT molecular complexity index is 1280. The number of nitrogens with zero attached hydrogens (tertiary/aromatic N) is 1. The van der Waals surface area contributed by atoms with Crippen LogP contribution in [0.2, 0.25) is 5.02 Å². The summed E-state index contributed by atoms with van der Waals surface area (Å²) in [5, 5.41) is 7.33. The van der Waals surface area contributed by atoms with E-state index in [2.05, 4.69) is 31.8 Å². The molecule has 188 valence electrons. The number of halogens is 2. The molecule has 0 aliphatic heterocycles. The molecular formula is C26H25BrClN3O5. The number of hydrazone groups is 1. The van der Waals surface area contributed by atoms with Crippen LogP contribution < -0.4 is 25.0 Å². The van der Waals surface area contributed by atoms with E-state index in [0.717, 1.165) is 5.56 Å². The van der Waals surface area contributed by atoms with Gasteiger partial charge in [0, 0.05) is 16.3 Å². The van der Waals surface area contributed by atoms with Gasteiger partial charge in [0.1, 0.15) is 5.75 Å². The lowest BCUT2D eigenvalue weighted by molar-refractivity contribution is -0.118. The van der Waals surface area contributed by atoms with Crippen LogP contribution in [0.4, 0.5) is 5.69 Å². The molecule has 0 fully saturated rings. The molecule has 0 heterocycles. The Morgan fingerprint density at radius 2 is 1.92 bits per heavy atom. The smallest absolute Gasteiger partial charge is 0.271 e. The van der Waals surface area contributed by atoms with Gasteiger partial charge in [-0.25, -0.2) is 5.43 Å². The number of anilines is 1. The number of carbonyl (C=O) groups excluding carboxylic acids is 2. The number of hydrogen-bond donors (Lipinski definition) is 2. The monoisotopic (exact) mass is 573 g/mol. The van der Waals surface area contributed by atoms with E-state index in [1.165, 1.54) is 13.3 Å². The number of amides is 2. The number of rotatable bonds is 10. The highest BCUT2D eigenvalue weighted by atomic mass is 79.9. The second-order valence-corrected chi connectivity index (χ2v) is 8.76. The Labute approximate surface area is 222 Å². The summed E-state index contributed by atoms with van der Waals surface area (Å²) in [6.45, 7) is 3.85. The first-order chi connectivity index (χ1) is 17.3. The Hall–Kier alpha value is -3.56. The van der Waals surface area contributed by atoms with Crippen molar-refractivity contribution in [1.82, 2.24) is 5.43 Å². The quantitative estimate of drug-likeness (QED) is 0.243. The van der Waals surface area contributed by atoms with Crippen LogP contribution in [-0.2, 0) is 4.79 Å². The molecule has 0 aromatic heterocycles. The number of ether oxygens (including phenoxy) is 3. The van der Waals surface area contributed by atoms with Crippen molar-refractivity contribution < 1.29 is 23.8 Å². The number of hydrogen-bond acceptors (Lipinski definition) is 6. The van der Waals surface area contributed by atoms with Crippen molar-refractivity contribution in [3.8, 4) is 17.2 Å². The van der Waals surface area contributed by atoms with E-state index in [0.29, 0.717) is 50.2 Å². The van der Waals surface area contributed by atoms with E-state index in [9.17, 15) is 9.59 Å². The van der Waals surface area contributed by atoms with Crippen molar-refractivity contribution in [2.75, 3.05) is 25.6 Å². The fourth-order valence-corrected chi connectivity index (χ4v) is 3.82. The summed E-state index contributed by atoms with van der Waals surface area (Å²) in [6, 6.07) is 15.4. The molecule has 0 atom stereocenters.